The van der Waals surface area contributed by atoms with E-state index in [1.807, 2.05) is 16.7 Å². The topological polar surface area (TPSA) is 81.5 Å². The molecule has 0 amide bonds. The number of hydrogen-bond donors (Lipinski definition) is 1. The average Bonchev–Trinajstić information content (AvgIpc) is 3.21. The second-order valence-corrected chi connectivity index (χ2v) is 8.92. The number of rotatable bonds is 5. The summed E-state index contributed by atoms with van der Waals surface area (Å²) in [5.41, 5.74) is 3.43. The fourth-order valence-corrected chi connectivity index (χ4v) is 5.23. The molecular formula is C24H27N5O3. The fraction of sp³-hybridized carbons (Fsp3) is 0.458. The molecule has 0 aliphatic carbocycles. The minimum Gasteiger partial charge on any atom is -0.484 e. The summed E-state index contributed by atoms with van der Waals surface area (Å²) < 4.78 is 13.0. The number of fused-ring (bicyclic) bond motifs is 1. The number of para-hydroxylation sites is 1. The predicted octanol–water partition coefficient (Wildman–Crippen LogP) is 1.91. The van der Waals surface area contributed by atoms with Crippen molar-refractivity contribution in [2.75, 3.05) is 32.8 Å². The first-order valence-electron chi connectivity index (χ1n) is 11.4. The molecule has 3 aliphatic rings. The van der Waals surface area contributed by atoms with Crippen molar-refractivity contribution in [1.82, 2.24) is 25.0 Å². The Labute approximate surface area is 186 Å². The number of benzene rings is 1. The lowest BCUT2D eigenvalue weighted by Crippen LogP contribution is -2.43. The van der Waals surface area contributed by atoms with Gasteiger partial charge in [-0.2, -0.15) is 5.10 Å². The number of pyridine rings is 1. The molecule has 1 saturated heterocycles. The molecule has 1 fully saturated rings. The highest BCUT2D eigenvalue weighted by molar-refractivity contribution is 5.84. The number of nitrogens with zero attached hydrogens (tertiary/aromatic N) is 4. The number of aromatic nitrogens is 3. The Morgan fingerprint density at radius 3 is 2.84 bits per heavy atom. The van der Waals surface area contributed by atoms with Gasteiger partial charge in [0.25, 0.3) is 11.4 Å². The van der Waals surface area contributed by atoms with Gasteiger partial charge in [-0.1, -0.05) is 18.2 Å². The molecular weight excluding hydrogens is 406 g/mol. The average molecular weight is 434 g/mol. The Morgan fingerprint density at radius 1 is 1.06 bits per heavy atom. The maximum absolute atomic E-state index is 12.4. The first-order valence-corrected chi connectivity index (χ1v) is 11.4. The van der Waals surface area contributed by atoms with E-state index in [1.54, 1.807) is 6.07 Å². The molecule has 1 atom stereocenters. The predicted molar refractivity (Wildman–Crippen MR) is 120 cm³/mol. The van der Waals surface area contributed by atoms with E-state index in [2.05, 4.69) is 38.6 Å². The molecule has 8 heteroatoms. The number of ether oxygens (including phenoxy) is 2. The quantitative estimate of drug-likeness (QED) is 0.658. The summed E-state index contributed by atoms with van der Waals surface area (Å²) in [6, 6.07) is 12.4. The van der Waals surface area contributed by atoms with Gasteiger partial charge < -0.3 is 24.3 Å². The zero-order valence-corrected chi connectivity index (χ0v) is 18.0. The molecule has 8 nitrogen and oxygen atoms in total. The maximum Gasteiger partial charge on any atom is 0.276 e. The molecule has 2 aromatic heterocycles. The number of nitrogens with one attached hydrogen (secondary N) is 1. The molecule has 3 aromatic rings. The molecule has 6 rings (SSSR count). The normalized spacial score (nSPS) is 20.7. The first kappa shape index (κ1) is 19.7. The molecule has 1 N–H and O–H groups in total. The summed E-state index contributed by atoms with van der Waals surface area (Å²) in [6.45, 7) is 5.66. The molecule has 166 valence electrons. The number of likely N-dealkylation sites (tertiary alicyclic amines) is 1. The van der Waals surface area contributed by atoms with Crippen molar-refractivity contribution in [3.8, 4) is 11.6 Å². The van der Waals surface area contributed by atoms with Crippen LogP contribution in [0.3, 0.4) is 0 Å². The van der Waals surface area contributed by atoms with Gasteiger partial charge >= 0.3 is 0 Å². The van der Waals surface area contributed by atoms with Crippen LogP contribution in [0.5, 0.6) is 11.6 Å². The van der Waals surface area contributed by atoms with Crippen LogP contribution >= 0.6 is 0 Å². The van der Waals surface area contributed by atoms with E-state index in [-0.39, 0.29) is 5.56 Å². The highest BCUT2D eigenvalue weighted by atomic mass is 16.6. The Morgan fingerprint density at radius 2 is 1.94 bits per heavy atom. The lowest BCUT2D eigenvalue weighted by atomic mass is 9.97. The van der Waals surface area contributed by atoms with Crippen LogP contribution in [0.4, 0.5) is 0 Å². The van der Waals surface area contributed by atoms with Crippen LogP contribution in [-0.4, -0.2) is 58.6 Å². The third-order valence-electron chi connectivity index (χ3n) is 6.88. The second kappa shape index (κ2) is 8.18. The standard InChI is InChI=1S/C24H27N5O3/c30-22-5-4-16-2-1-3-20-17(15-29(22)23(16)20)14-28-8-6-18(7-9-28)25-13-19-12-21-24(27-26-19)32-11-10-31-21/h1-5,12,17-18,25H,6-11,13-15H2/t17-/m1/s1. The zero-order valence-electron chi connectivity index (χ0n) is 18.0. The number of piperidine rings is 1. The van der Waals surface area contributed by atoms with Gasteiger partial charge in [0, 0.05) is 43.7 Å². The lowest BCUT2D eigenvalue weighted by Gasteiger charge is -2.34. The molecule has 0 unspecified atom stereocenters. The van der Waals surface area contributed by atoms with E-state index in [0.29, 0.717) is 43.3 Å². The van der Waals surface area contributed by atoms with Gasteiger partial charge in [0.2, 0.25) is 0 Å². The van der Waals surface area contributed by atoms with Gasteiger partial charge in [-0.3, -0.25) is 4.79 Å². The molecule has 1 aromatic carbocycles. The van der Waals surface area contributed by atoms with Crippen LogP contribution in [0.1, 0.15) is 30.0 Å². The zero-order chi connectivity index (χ0) is 21.5. The molecule has 32 heavy (non-hydrogen) atoms. The van der Waals surface area contributed by atoms with Crippen molar-refractivity contribution in [3.63, 3.8) is 0 Å². The van der Waals surface area contributed by atoms with E-state index in [1.165, 1.54) is 5.56 Å². The lowest BCUT2D eigenvalue weighted by molar-refractivity contribution is 0.161. The van der Waals surface area contributed by atoms with Crippen LogP contribution in [0.15, 0.2) is 41.2 Å². The molecule has 0 spiro atoms. The monoisotopic (exact) mass is 433 g/mol. The summed E-state index contributed by atoms with van der Waals surface area (Å²) in [4.78, 5) is 14.9. The number of hydrogen-bond acceptors (Lipinski definition) is 7. The first-order chi connectivity index (χ1) is 15.7. The minimum atomic E-state index is 0.109. The fourth-order valence-electron chi connectivity index (χ4n) is 5.23. The third-order valence-corrected chi connectivity index (χ3v) is 6.88. The highest BCUT2D eigenvalue weighted by Crippen LogP contribution is 2.33. The van der Waals surface area contributed by atoms with E-state index in [0.717, 1.165) is 55.6 Å². The van der Waals surface area contributed by atoms with Gasteiger partial charge in [0.1, 0.15) is 13.2 Å². The van der Waals surface area contributed by atoms with Crippen LogP contribution in [0, 0.1) is 0 Å². The van der Waals surface area contributed by atoms with Crippen molar-refractivity contribution in [1.29, 1.82) is 0 Å². The Kier molecular flexibility index (Phi) is 5.04. The van der Waals surface area contributed by atoms with Crippen LogP contribution < -0.4 is 20.3 Å². The Bertz CT molecular complexity index is 1200. The van der Waals surface area contributed by atoms with Crippen molar-refractivity contribution in [2.45, 2.75) is 37.9 Å². The van der Waals surface area contributed by atoms with Crippen molar-refractivity contribution in [3.05, 3.63) is 58.0 Å². The van der Waals surface area contributed by atoms with Gasteiger partial charge in [-0.25, -0.2) is 0 Å². The van der Waals surface area contributed by atoms with Crippen molar-refractivity contribution < 1.29 is 9.47 Å². The summed E-state index contributed by atoms with van der Waals surface area (Å²) >= 11 is 0. The molecule has 0 bridgehead atoms. The van der Waals surface area contributed by atoms with Crippen LogP contribution in [-0.2, 0) is 13.1 Å². The van der Waals surface area contributed by atoms with Gasteiger partial charge in [0.15, 0.2) is 5.75 Å². The Balaban J connectivity index is 1.04. The van der Waals surface area contributed by atoms with Crippen molar-refractivity contribution in [2.24, 2.45) is 0 Å². The van der Waals surface area contributed by atoms with Crippen LogP contribution in [0.25, 0.3) is 10.9 Å². The van der Waals surface area contributed by atoms with Gasteiger partial charge in [-0.15, -0.1) is 5.10 Å². The summed E-state index contributed by atoms with van der Waals surface area (Å²) in [5, 5.41) is 13.2. The second-order valence-electron chi connectivity index (χ2n) is 8.92. The third kappa shape index (κ3) is 3.63. The van der Waals surface area contributed by atoms with Gasteiger partial charge in [-0.05, 0) is 42.9 Å². The molecule has 5 heterocycles. The van der Waals surface area contributed by atoms with Crippen LogP contribution in [0.2, 0.25) is 0 Å². The van der Waals surface area contributed by atoms with E-state index >= 15 is 0 Å². The summed E-state index contributed by atoms with van der Waals surface area (Å²) in [7, 11) is 0. The SMILES string of the molecule is O=c1ccc2cccc3c2n1C[C@H]3CN1CCC(NCc2cc3c(nn2)OCCO3)CC1. The Hall–Kier alpha value is -2.97. The summed E-state index contributed by atoms with van der Waals surface area (Å²) in [5.74, 6) is 1.55. The maximum atomic E-state index is 12.4. The minimum absolute atomic E-state index is 0.109. The van der Waals surface area contributed by atoms with Gasteiger partial charge in [0.05, 0.1) is 11.2 Å². The van der Waals surface area contributed by atoms with E-state index in [4.69, 9.17) is 9.47 Å². The highest BCUT2D eigenvalue weighted by Gasteiger charge is 2.28. The van der Waals surface area contributed by atoms with E-state index in [9.17, 15) is 4.79 Å². The van der Waals surface area contributed by atoms with E-state index < -0.39 is 0 Å². The molecule has 3 aliphatic heterocycles. The molecule has 0 saturated carbocycles. The largest absolute Gasteiger partial charge is 0.484 e. The summed E-state index contributed by atoms with van der Waals surface area (Å²) in [6.07, 6.45) is 2.20. The molecule has 0 radical (unpaired) electrons. The van der Waals surface area contributed by atoms with Crippen molar-refractivity contribution >= 4 is 10.9 Å². The smallest absolute Gasteiger partial charge is 0.276 e.